The van der Waals surface area contributed by atoms with Crippen LogP contribution in [0.4, 0.5) is 35.4 Å². The number of alkyl halides is 3. The van der Waals surface area contributed by atoms with Gasteiger partial charge in [0.1, 0.15) is 12.7 Å². The summed E-state index contributed by atoms with van der Waals surface area (Å²) in [7, 11) is 0. The van der Waals surface area contributed by atoms with Crippen LogP contribution < -0.4 is 19.9 Å². The van der Waals surface area contributed by atoms with E-state index < -0.39 is 23.6 Å². The second-order valence-corrected chi connectivity index (χ2v) is 10.8. The summed E-state index contributed by atoms with van der Waals surface area (Å²) in [6.45, 7) is 5.56. The van der Waals surface area contributed by atoms with Gasteiger partial charge < -0.3 is 19.1 Å². The number of carbonyl (C=O) groups is 1. The second kappa shape index (κ2) is 10.3. The Morgan fingerprint density at radius 3 is 2.73 bits per heavy atom. The van der Waals surface area contributed by atoms with Gasteiger partial charge in [-0.05, 0) is 38.5 Å². The minimum atomic E-state index is -4.52. The van der Waals surface area contributed by atoms with Crippen molar-refractivity contribution in [3.05, 3.63) is 53.3 Å². The van der Waals surface area contributed by atoms with Crippen molar-refractivity contribution < 1.29 is 32.2 Å². The van der Waals surface area contributed by atoms with Crippen LogP contribution in [0, 0.1) is 0 Å². The third-order valence-corrected chi connectivity index (χ3v) is 7.35. The van der Waals surface area contributed by atoms with Crippen molar-refractivity contribution in [2.24, 2.45) is 0 Å². The molecule has 0 aliphatic carbocycles. The van der Waals surface area contributed by atoms with Crippen molar-refractivity contribution in [3.8, 4) is 17.0 Å². The van der Waals surface area contributed by atoms with Crippen molar-refractivity contribution in [1.82, 2.24) is 15.0 Å². The van der Waals surface area contributed by atoms with Crippen LogP contribution in [0.15, 0.2) is 42.7 Å². The third-order valence-electron chi connectivity index (χ3n) is 7.07. The Kier molecular flexibility index (Phi) is 6.91. The van der Waals surface area contributed by atoms with E-state index in [1.807, 2.05) is 13.8 Å². The first kappa shape index (κ1) is 27.5. The Morgan fingerprint density at radius 1 is 1.24 bits per heavy atom. The highest BCUT2D eigenvalue weighted by Gasteiger charge is 2.41. The Bertz CT molecular complexity index is 1470. The highest BCUT2D eigenvalue weighted by Crippen LogP contribution is 2.43. The standard InChI is InChI=1S/C27H26ClF3N6O4/c1-26(2)40-14-19(41-26)13-39-18-10-32-24(33-11-18)35-25(38)37-17-6-7-36(12-17)21-9-20(28)22(34-23(21)37)15-4-3-5-16(8-15)27(29,30)31/h3-5,8-11,17,19H,6-7,12-14H2,1-2H3,(H,32,33,35,38)/t17?,19-/m0/s1. The zero-order valence-electron chi connectivity index (χ0n) is 22.1. The Labute approximate surface area is 238 Å². The van der Waals surface area contributed by atoms with Crippen LogP contribution in [0.3, 0.4) is 0 Å². The summed E-state index contributed by atoms with van der Waals surface area (Å²) < 4.78 is 57.0. The number of urea groups is 1. The summed E-state index contributed by atoms with van der Waals surface area (Å²) in [5, 5.41) is 2.88. The number of rotatable bonds is 5. The van der Waals surface area contributed by atoms with Gasteiger partial charge in [-0.3, -0.25) is 10.2 Å². The van der Waals surface area contributed by atoms with Crippen LogP contribution >= 0.6 is 11.6 Å². The molecular formula is C27H26ClF3N6O4. The average molecular weight is 591 g/mol. The van der Waals surface area contributed by atoms with Crippen LogP contribution in [0.2, 0.25) is 5.02 Å². The van der Waals surface area contributed by atoms with Gasteiger partial charge in [0, 0.05) is 18.7 Å². The summed E-state index contributed by atoms with van der Waals surface area (Å²) in [4.78, 5) is 30.1. The molecular weight excluding hydrogens is 565 g/mol. The van der Waals surface area contributed by atoms with Crippen LogP contribution in [0.5, 0.6) is 5.75 Å². The lowest BCUT2D eigenvalue weighted by molar-refractivity contribution is -0.141. The number of hydrogen-bond donors (Lipinski definition) is 1. The molecule has 14 heteroatoms. The van der Waals surface area contributed by atoms with Crippen molar-refractivity contribution >= 4 is 35.1 Å². The van der Waals surface area contributed by atoms with Gasteiger partial charge in [0.05, 0.1) is 47.0 Å². The Hall–Kier alpha value is -3.68. The van der Waals surface area contributed by atoms with E-state index in [4.69, 9.17) is 25.8 Å². The number of nitrogens with one attached hydrogen (secondary N) is 1. The minimum absolute atomic E-state index is 0.0537. The number of benzene rings is 1. The van der Waals surface area contributed by atoms with Gasteiger partial charge in [-0.2, -0.15) is 13.2 Å². The number of halogens is 4. The molecule has 2 amide bonds. The van der Waals surface area contributed by atoms with Crippen molar-refractivity contribution in [1.29, 1.82) is 0 Å². The molecule has 0 spiro atoms. The predicted molar refractivity (Wildman–Crippen MR) is 144 cm³/mol. The van der Waals surface area contributed by atoms with Crippen LogP contribution in [0.25, 0.3) is 11.3 Å². The van der Waals surface area contributed by atoms with Crippen molar-refractivity contribution in [3.63, 3.8) is 0 Å². The first-order chi connectivity index (χ1) is 19.5. The van der Waals surface area contributed by atoms with Gasteiger partial charge in [0.25, 0.3) is 0 Å². The molecule has 3 aliphatic heterocycles. The molecule has 41 heavy (non-hydrogen) atoms. The Balaban J connectivity index is 1.21. The SMILES string of the molecule is CC1(C)OC[C@H](COc2cnc(NC(=O)N3c4nc(-c5cccc(C(F)(F)F)c5)c(Cl)cc4N4CCC3C4)nc2)O1. The van der Waals surface area contributed by atoms with E-state index >= 15 is 0 Å². The maximum atomic E-state index is 13.5. The lowest BCUT2D eigenvalue weighted by Crippen LogP contribution is -2.48. The monoisotopic (exact) mass is 590 g/mol. The summed E-state index contributed by atoms with van der Waals surface area (Å²) in [5.74, 6) is 0.0941. The van der Waals surface area contributed by atoms with Crippen LogP contribution in [0.1, 0.15) is 25.8 Å². The number of nitrogens with zero attached hydrogens (tertiary/aromatic N) is 5. The minimum Gasteiger partial charge on any atom is -0.488 e. The number of hydrogen-bond acceptors (Lipinski definition) is 8. The van der Waals surface area contributed by atoms with E-state index in [9.17, 15) is 18.0 Å². The van der Waals surface area contributed by atoms with E-state index in [1.165, 1.54) is 29.4 Å². The number of carbonyl (C=O) groups excluding carboxylic acids is 1. The fraction of sp³-hybridized carbons (Fsp3) is 0.407. The molecule has 1 N–H and O–H groups in total. The zero-order chi connectivity index (χ0) is 28.9. The number of aromatic nitrogens is 3. The molecule has 216 valence electrons. The lowest BCUT2D eigenvalue weighted by atomic mass is 10.1. The smallest absolute Gasteiger partial charge is 0.416 e. The first-order valence-electron chi connectivity index (χ1n) is 13.0. The third kappa shape index (κ3) is 5.61. The maximum absolute atomic E-state index is 13.5. The van der Waals surface area contributed by atoms with Gasteiger partial charge in [-0.15, -0.1) is 0 Å². The topological polar surface area (TPSA) is 102 Å². The predicted octanol–water partition coefficient (Wildman–Crippen LogP) is 5.37. The molecule has 0 radical (unpaired) electrons. The summed E-state index contributed by atoms with van der Waals surface area (Å²) >= 11 is 6.52. The fourth-order valence-electron chi connectivity index (χ4n) is 5.18. The number of pyridine rings is 1. The van der Waals surface area contributed by atoms with E-state index in [0.29, 0.717) is 43.4 Å². The quantitative estimate of drug-likeness (QED) is 0.423. The molecule has 1 unspecified atom stereocenters. The molecule has 6 rings (SSSR count). The normalized spacial score (nSPS) is 21.1. The second-order valence-electron chi connectivity index (χ2n) is 10.4. The van der Waals surface area contributed by atoms with Gasteiger partial charge in [0.2, 0.25) is 5.95 Å². The molecule has 3 aliphatic rings. The summed E-state index contributed by atoms with van der Waals surface area (Å²) in [6, 6.07) is 5.70. The molecule has 1 aromatic carbocycles. The number of amides is 2. The van der Waals surface area contributed by atoms with Crippen LogP contribution in [-0.2, 0) is 15.7 Å². The van der Waals surface area contributed by atoms with E-state index in [2.05, 4.69) is 25.2 Å². The van der Waals surface area contributed by atoms with Crippen molar-refractivity contribution in [2.75, 3.05) is 41.4 Å². The summed E-state index contributed by atoms with van der Waals surface area (Å²) in [5.41, 5.74) is 0.148. The number of anilines is 3. The van der Waals surface area contributed by atoms with Gasteiger partial charge >= 0.3 is 12.2 Å². The van der Waals surface area contributed by atoms with Crippen molar-refractivity contribution in [2.45, 2.75) is 44.4 Å². The molecule has 2 saturated heterocycles. The first-order valence-corrected chi connectivity index (χ1v) is 13.3. The van der Waals surface area contributed by atoms with Gasteiger partial charge in [-0.25, -0.2) is 19.7 Å². The molecule has 2 bridgehead atoms. The molecule has 3 aromatic rings. The molecule has 2 aromatic heterocycles. The highest BCUT2D eigenvalue weighted by atomic mass is 35.5. The maximum Gasteiger partial charge on any atom is 0.416 e. The van der Waals surface area contributed by atoms with E-state index in [1.54, 1.807) is 6.07 Å². The fourth-order valence-corrected chi connectivity index (χ4v) is 5.43. The van der Waals surface area contributed by atoms with E-state index in [0.717, 1.165) is 12.1 Å². The molecule has 2 atom stereocenters. The highest BCUT2D eigenvalue weighted by molar-refractivity contribution is 6.33. The largest absolute Gasteiger partial charge is 0.488 e. The van der Waals surface area contributed by atoms with Gasteiger partial charge in [-0.1, -0.05) is 23.7 Å². The average Bonchev–Trinajstić information content (AvgIpc) is 3.51. The van der Waals surface area contributed by atoms with E-state index in [-0.39, 0.29) is 41.0 Å². The molecule has 5 heterocycles. The zero-order valence-corrected chi connectivity index (χ0v) is 22.9. The molecule has 0 saturated carbocycles. The van der Waals surface area contributed by atoms with Crippen LogP contribution in [-0.4, -0.2) is 65.2 Å². The number of ether oxygens (including phenoxy) is 3. The lowest BCUT2D eigenvalue weighted by Gasteiger charge is -2.36. The molecule has 2 fully saturated rings. The molecule has 10 nitrogen and oxygen atoms in total. The Morgan fingerprint density at radius 2 is 2.02 bits per heavy atom. The van der Waals surface area contributed by atoms with Gasteiger partial charge in [0.15, 0.2) is 17.4 Å². The number of fused-ring (bicyclic) bond motifs is 4. The summed E-state index contributed by atoms with van der Waals surface area (Å²) in [6.07, 6.45) is -1.19.